The number of ether oxygens (including phenoxy) is 1. The molecule has 0 aliphatic rings. The van der Waals surface area contributed by atoms with Crippen LogP contribution in [0.15, 0.2) is 78.9 Å². The average molecular weight is 404 g/mol. The molecule has 0 radical (unpaired) electrons. The number of aryl methyl sites for hydroxylation is 1. The molecular formula is C23H20N2O5. The number of amides is 1. The molecule has 0 saturated carbocycles. The molecule has 0 unspecified atom stereocenters. The summed E-state index contributed by atoms with van der Waals surface area (Å²) in [7, 11) is 0. The summed E-state index contributed by atoms with van der Waals surface area (Å²) in [6, 6.07) is 22.5. The van der Waals surface area contributed by atoms with E-state index < -0.39 is 29.3 Å². The topological polar surface area (TPSA) is 98.5 Å². The number of non-ortho nitro benzene ring substituents is 1. The molecule has 0 saturated heterocycles. The first-order valence-corrected chi connectivity index (χ1v) is 9.27. The fraction of sp³-hybridized carbons (Fsp3) is 0.130. The molecule has 0 aromatic heterocycles. The van der Waals surface area contributed by atoms with Crippen molar-refractivity contribution in [3.8, 4) is 0 Å². The molecule has 3 aromatic carbocycles. The van der Waals surface area contributed by atoms with Gasteiger partial charge in [0.25, 0.3) is 11.6 Å². The Labute approximate surface area is 173 Å². The first-order chi connectivity index (χ1) is 14.5. The zero-order valence-electron chi connectivity index (χ0n) is 16.3. The first-order valence-electron chi connectivity index (χ1n) is 9.27. The molecule has 3 rings (SSSR count). The molecule has 30 heavy (non-hydrogen) atoms. The number of carbonyl (C=O) groups excluding carboxylic acids is 2. The molecular weight excluding hydrogens is 384 g/mol. The average Bonchev–Trinajstić information content (AvgIpc) is 2.75. The van der Waals surface area contributed by atoms with Crippen LogP contribution in [0.25, 0.3) is 0 Å². The van der Waals surface area contributed by atoms with E-state index in [0.29, 0.717) is 11.3 Å². The van der Waals surface area contributed by atoms with Gasteiger partial charge in [-0.1, -0.05) is 60.7 Å². The molecule has 0 fully saturated rings. The smallest absolute Gasteiger partial charge is 0.318 e. The first kappa shape index (κ1) is 20.7. The molecule has 7 heteroatoms. The maximum atomic E-state index is 12.8. The number of esters is 1. The van der Waals surface area contributed by atoms with E-state index in [-0.39, 0.29) is 5.69 Å². The fourth-order valence-corrected chi connectivity index (χ4v) is 3.06. The lowest BCUT2D eigenvalue weighted by Crippen LogP contribution is -2.24. The zero-order chi connectivity index (χ0) is 21.5. The number of carbonyl (C=O) groups is 2. The van der Waals surface area contributed by atoms with Gasteiger partial charge in [0, 0.05) is 17.8 Å². The van der Waals surface area contributed by atoms with Crippen molar-refractivity contribution in [2.75, 3.05) is 11.9 Å². The number of rotatable bonds is 7. The van der Waals surface area contributed by atoms with Gasteiger partial charge < -0.3 is 10.1 Å². The van der Waals surface area contributed by atoms with Crippen LogP contribution in [-0.2, 0) is 14.3 Å². The van der Waals surface area contributed by atoms with Gasteiger partial charge in [0.2, 0.25) is 0 Å². The molecule has 1 N–H and O–H groups in total. The molecule has 0 bridgehead atoms. The maximum absolute atomic E-state index is 12.8. The van der Waals surface area contributed by atoms with Gasteiger partial charge in [-0.05, 0) is 29.7 Å². The van der Waals surface area contributed by atoms with Crippen molar-refractivity contribution in [1.82, 2.24) is 0 Å². The summed E-state index contributed by atoms with van der Waals surface area (Å²) in [5, 5.41) is 13.4. The molecule has 0 aliphatic carbocycles. The molecule has 0 spiro atoms. The van der Waals surface area contributed by atoms with E-state index in [4.69, 9.17) is 4.74 Å². The molecule has 1 amide bonds. The van der Waals surface area contributed by atoms with Crippen molar-refractivity contribution in [2.24, 2.45) is 0 Å². The lowest BCUT2D eigenvalue weighted by Gasteiger charge is -2.17. The Morgan fingerprint density at radius 3 is 2.03 bits per heavy atom. The van der Waals surface area contributed by atoms with Crippen LogP contribution < -0.4 is 5.32 Å². The minimum Gasteiger partial charge on any atom is -0.455 e. The second-order valence-corrected chi connectivity index (χ2v) is 6.67. The minimum absolute atomic E-state index is 0.0644. The molecule has 0 heterocycles. The van der Waals surface area contributed by atoms with Gasteiger partial charge in [-0.25, -0.2) is 0 Å². The predicted molar refractivity (Wildman–Crippen MR) is 112 cm³/mol. The van der Waals surface area contributed by atoms with Gasteiger partial charge in [-0.3, -0.25) is 19.7 Å². The number of hydrogen-bond donors (Lipinski definition) is 1. The van der Waals surface area contributed by atoms with Gasteiger partial charge in [0.05, 0.1) is 4.92 Å². The summed E-state index contributed by atoms with van der Waals surface area (Å²) >= 11 is 0. The van der Waals surface area contributed by atoms with E-state index in [9.17, 15) is 19.7 Å². The third-order valence-corrected chi connectivity index (χ3v) is 4.54. The number of hydrogen-bond acceptors (Lipinski definition) is 5. The second kappa shape index (κ2) is 9.47. The lowest BCUT2D eigenvalue weighted by atomic mass is 9.91. The standard InChI is InChI=1S/C23H20N2O5/c1-16-14-19(25(28)29)12-13-20(16)24-21(26)15-30-23(27)22(17-8-4-2-5-9-17)18-10-6-3-7-11-18/h2-14,22H,15H2,1H3,(H,24,26). The van der Waals surface area contributed by atoms with E-state index in [1.165, 1.54) is 18.2 Å². The molecule has 152 valence electrons. The van der Waals surface area contributed by atoms with Crippen LogP contribution in [0.4, 0.5) is 11.4 Å². The molecule has 0 aliphatic heterocycles. The van der Waals surface area contributed by atoms with Gasteiger partial charge in [0.15, 0.2) is 6.61 Å². The van der Waals surface area contributed by atoms with Crippen molar-refractivity contribution in [3.63, 3.8) is 0 Å². The van der Waals surface area contributed by atoms with Crippen molar-refractivity contribution in [3.05, 3.63) is 106 Å². The number of nitro groups is 1. The van der Waals surface area contributed by atoms with Gasteiger partial charge in [0.1, 0.15) is 5.92 Å². The Hall–Kier alpha value is -4.00. The fourth-order valence-electron chi connectivity index (χ4n) is 3.06. The maximum Gasteiger partial charge on any atom is 0.318 e. The summed E-state index contributed by atoms with van der Waals surface area (Å²) in [6.07, 6.45) is 0. The number of nitro benzene ring substituents is 1. The summed E-state index contributed by atoms with van der Waals surface area (Å²) in [4.78, 5) is 35.4. The summed E-state index contributed by atoms with van der Waals surface area (Å²) < 4.78 is 5.29. The van der Waals surface area contributed by atoms with Gasteiger partial charge in [-0.15, -0.1) is 0 Å². The highest BCUT2D eigenvalue weighted by atomic mass is 16.6. The van der Waals surface area contributed by atoms with E-state index >= 15 is 0 Å². The number of anilines is 1. The van der Waals surface area contributed by atoms with Crippen LogP contribution in [0.1, 0.15) is 22.6 Å². The van der Waals surface area contributed by atoms with E-state index in [2.05, 4.69) is 5.32 Å². The van der Waals surface area contributed by atoms with Crippen LogP contribution >= 0.6 is 0 Å². The van der Waals surface area contributed by atoms with Gasteiger partial charge >= 0.3 is 5.97 Å². The van der Waals surface area contributed by atoms with Crippen molar-refractivity contribution < 1.29 is 19.2 Å². The normalized spacial score (nSPS) is 10.5. The van der Waals surface area contributed by atoms with Crippen LogP contribution in [0.5, 0.6) is 0 Å². The second-order valence-electron chi connectivity index (χ2n) is 6.67. The zero-order valence-corrected chi connectivity index (χ0v) is 16.3. The van der Waals surface area contributed by atoms with Crippen molar-refractivity contribution >= 4 is 23.3 Å². The third-order valence-electron chi connectivity index (χ3n) is 4.54. The largest absolute Gasteiger partial charge is 0.455 e. The lowest BCUT2D eigenvalue weighted by molar-refractivity contribution is -0.384. The van der Waals surface area contributed by atoms with E-state index in [1.54, 1.807) is 6.92 Å². The number of nitrogens with one attached hydrogen (secondary N) is 1. The Bertz CT molecular complexity index is 1010. The highest BCUT2D eigenvalue weighted by Gasteiger charge is 2.25. The summed E-state index contributed by atoms with van der Waals surface area (Å²) in [6.45, 7) is 1.18. The summed E-state index contributed by atoms with van der Waals surface area (Å²) in [5.41, 5.74) is 2.42. The third kappa shape index (κ3) is 5.08. The van der Waals surface area contributed by atoms with Crippen LogP contribution in [0.3, 0.4) is 0 Å². The molecule has 7 nitrogen and oxygen atoms in total. The quantitative estimate of drug-likeness (QED) is 0.361. The van der Waals surface area contributed by atoms with Gasteiger partial charge in [-0.2, -0.15) is 0 Å². The Morgan fingerprint density at radius 1 is 0.967 bits per heavy atom. The predicted octanol–water partition coefficient (Wildman–Crippen LogP) is 4.22. The summed E-state index contributed by atoms with van der Waals surface area (Å²) in [5.74, 6) is -1.72. The van der Waals surface area contributed by atoms with Crippen LogP contribution in [0, 0.1) is 17.0 Å². The minimum atomic E-state index is -0.652. The Kier molecular flexibility index (Phi) is 6.54. The molecule has 0 atom stereocenters. The van der Waals surface area contributed by atoms with E-state index in [1.807, 2.05) is 60.7 Å². The van der Waals surface area contributed by atoms with E-state index in [0.717, 1.165) is 11.1 Å². The SMILES string of the molecule is Cc1cc([N+](=O)[O-])ccc1NC(=O)COC(=O)C(c1ccccc1)c1ccccc1. The highest BCUT2D eigenvalue weighted by Crippen LogP contribution is 2.26. The number of nitrogens with zero attached hydrogens (tertiary/aromatic N) is 1. The number of benzene rings is 3. The van der Waals surface area contributed by atoms with Crippen LogP contribution in [0.2, 0.25) is 0 Å². The van der Waals surface area contributed by atoms with Crippen molar-refractivity contribution in [1.29, 1.82) is 0 Å². The molecule has 3 aromatic rings. The van der Waals surface area contributed by atoms with Crippen LogP contribution in [-0.4, -0.2) is 23.4 Å². The Morgan fingerprint density at radius 2 is 1.53 bits per heavy atom. The monoisotopic (exact) mass is 404 g/mol. The van der Waals surface area contributed by atoms with Crippen molar-refractivity contribution in [2.45, 2.75) is 12.8 Å². The Balaban J connectivity index is 1.68. The highest BCUT2D eigenvalue weighted by molar-refractivity contribution is 5.94.